The van der Waals surface area contributed by atoms with Crippen molar-refractivity contribution < 1.29 is 9.13 Å². The Labute approximate surface area is 193 Å². The number of hydrogen-bond acceptors (Lipinski definition) is 3. The van der Waals surface area contributed by atoms with Gasteiger partial charge in [0.1, 0.15) is 17.7 Å². The van der Waals surface area contributed by atoms with Gasteiger partial charge in [0.05, 0.1) is 19.3 Å². The van der Waals surface area contributed by atoms with Gasteiger partial charge in [0.25, 0.3) is 0 Å². The fourth-order valence-corrected chi connectivity index (χ4v) is 2.79. The summed E-state index contributed by atoms with van der Waals surface area (Å²) in [7, 11) is 1.72. The third kappa shape index (κ3) is 7.66. The number of ether oxygens (including phenoxy) is 1. The number of hydrogen-bond donors (Lipinski definition) is 2. The highest BCUT2D eigenvalue weighted by Crippen LogP contribution is 2.12. The molecule has 1 heterocycles. The molecule has 2 aromatic carbocycles. The maximum atomic E-state index is 13.0. The second-order valence-electron chi connectivity index (χ2n) is 6.72. The van der Waals surface area contributed by atoms with Crippen LogP contribution in [0.4, 0.5) is 4.39 Å². The van der Waals surface area contributed by atoms with Crippen molar-refractivity contribution in [1.29, 1.82) is 0 Å². The minimum atomic E-state index is -0.278. The first kappa shape index (κ1) is 23.7. The highest BCUT2D eigenvalue weighted by atomic mass is 127. The Bertz CT molecular complexity index is 915. The largest absolute Gasteiger partial charge is 0.489 e. The van der Waals surface area contributed by atoms with Crippen LogP contribution >= 0.6 is 24.0 Å². The molecule has 2 N–H and O–H groups in total. The minimum Gasteiger partial charge on any atom is -0.489 e. The van der Waals surface area contributed by atoms with Gasteiger partial charge >= 0.3 is 0 Å². The smallest absolute Gasteiger partial charge is 0.191 e. The van der Waals surface area contributed by atoms with Crippen molar-refractivity contribution in [2.75, 3.05) is 13.6 Å². The van der Waals surface area contributed by atoms with Crippen molar-refractivity contribution in [2.24, 2.45) is 4.99 Å². The van der Waals surface area contributed by atoms with Crippen LogP contribution in [0.1, 0.15) is 18.1 Å². The third-order valence-corrected chi connectivity index (χ3v) is 4.27. The van der Waals surface area contributed by atoms with Gasteiger partial charge in [-0.3, -0.25) is 9.67 Å². The second-order valence-corrected chi connectivity index (χ2v) is 6.72. The summed E-state index contributed by atoms with van der Waals surface area (Å²) in [5.74, 6) is 1.03. The van der Waals surface area contributed by atoms with E-state index >= 15 is 0 Å². The van der Waals surface area contributed by atoms with Crippen molar-refractivity contribution in [3.05, 3.63) is 83.9 Å². The van der Waals surface area contributed by atoms with Gasteiger partial charge in [-0.1, -0.05) is 30.3 Å². The maximum Gasteiger partial charge on any atom is 0.191 e. The molecule has 30 heavy (non-hydrogen) atoms. The quantitative estimate of drug-likeness (QED) is 0.268. The van der Waals surface area contributed by atoms with Crippen LogP contribution in [0, 0.1) is 5.82 Å². The standard InChI is InChI=1S/C22H26FN5O.HI/c1-17(29-21-10-8-20(23)9-11-21)12-25-22(24-2)26-13-19-14-27-28(16-19)15-18-6-4-3-5-7-18;/h3-11,14,16-17H,12-13,15H2,1-2H3,(H2,24,25,26);1H. The zero-order chi connectivity index (χ0) is 20.5. The number of halogens is 2. The first-order valence-corrected chi connectivity index (χ1v) is 9.54. The monoisotopic (exact) mass is 523 g/mol. The number of aromatic nitrogens is 2. The van der Waals surface area contributed by atoms with Crippen LogP contribution in [0.3, 0.4) is 0 Å². The molecule has 0 aliphatic heterocycles. The molecular formula is C22H27FIN5O. The molecule has 0 saturated carbocycles. The highest BCUT2D eigenvalue weighted by molar-refractivity contribution is 14.0. The number of guanidine groups is 1. The number of aliphatic imine (C=N–C) groups is 1. The summed E-state index contributed by atoms with van der Waals surface area (Å²) < 4.78 is 20.6. The van der Waals surface area contributed by atoms with Crippen molar-refractivity contribution in [3.63, 3.8) is 0 Å². The van der Waals surface area contributed by atoms with E-state index in [0.29, 0.717) is 24.8 Å². The average Bonchev–Trinajstić information content (AvgIpc) is 3.18. The number of rotatable bonds is 8. The zero-order valence-electron chi connectivity index (χ0n) is 17.1. The van der Waals surface area contributed by atoms with Gasteiger partial charge in [-0.25, -0.2) is 4.39 Å². The number of nitrogens with zero attached hydrogens (tertiary/aromatic N) is 3. The first-order valence-electron chi connectivity index (χ1n) is 9.54. The fourth-order valence-electron chi connectivity index (χ4n) is 2.79. The molecule has 0 aliphatic carbocycles. The van der Waals surface area contributed by atoms with Gasteiger partial charge in [-0.2, -0.15) is 5.10 Å². The molecule has 0 amide bonds. The van der Waals surface area contributed by atoms with E-state index in [9.17, 15) is 4.39 Å². The van der Waals surface area contributed by atoms with Crippen LogP contribution in [-0.2, 0) is 13.1 Å². The van der Waals surface area contributed by atoms with Crippen LogP contribution in [0.25, 0.3) is 0 Å². The Morgan fingerprint density at radius 3 is 2.53 bits per heavy atom. The molecule has 3 aromatic rings. The summed E-state index contributed by atoms with van der Waals surface area (Å²) >= 11 is 0. The molecule has 0 bridgehead atoms. The van der Waals surface area contributed by atoms with Crippen LogP contribution in [0.5, 0.6) is 5.75 Å². The normalized spacial score (nSPS) is 12.0. The van der Waals surface area contributed by atoms with Gasteiger partial charge < -0.3 is 15.4 Å². The predicted molar refractivity (Wildman–Crippen MR) is 128 cm³/mol. The maximum absolute atomic E-state index is 13.0. The lowest BCUT2D eigenvalue weighted by Gasteiger charge is -2.17. The Morgan fingerprint density at radius 1 is 1.10 bits per heavy atom. The third-order valence-electron chi connectivity index (χ3n) is 4.27. The van der Waals surface area contributed by atoms with Gasteiger partial charge in [0.15, 0.2) is 5.96 Å². The lowest BCUT2D eigenvalue weighted by atomic mass is 10.2. The first-order chi connectivity index (χ1) is 14.1. The van der Waals surface area contributed by atoms with E-state index in [1.165, 1.54) is 17.7 Å². The molecule has 0 spiro atoms. The molecule has 0 radical (unpaired) electrons. The highest BCUT2D eigenvalue weighted by Gasteiger charge is 2.07. The van der Waals surface area contributed by atoms with E-state index in [4.69, 9.17) is 4.74 Å². The lowest BCUT2D eigenvalue weighted by Crippen LogP contribution is -2.41. The molecule has 1 aromatic heterocycles. The van der Waals surface area contributed by atoms with Crippen LogP contribution in [-0.4, -0.2) is 35.4 Å². The van der Waals surface area contributed by atoms with E-state index < -0.39 is 0 Å². The van der Waals surface area contributed by atoms with Gasteiger partial charge in [0.2, 0.25) is 0 Å². The van der Waals surface area contributed by atoms with Crippen molar-refractivity contribution in [2.45, 2.75) is 26.1 Å². The predicted octanol–water partition coefficient (Wildman–Crippen LogP) is 3.82. The second kappa shape index (κ2) is 12.2. The molecule has 0 aliphatic rings. The molecule has 1 unspecified atom stereocenters. The molecular weight excluding hydrogens is 496 g/mol. The Morgan fingerprint density at radius 2 is 1.83 bits per heavy atom. The zero-order valence-corrected chi connectivity index (χ0v) is 19.4. The van der Waals surface area contributed by atoms with Crippen molar-refractivity contribution in [1.82, 2.24) is 20.4 Å². The van der Waals surface area contributed by atoms with Crippen molar-refractivity contribution >= 4 is 29.9 Å². The molecule has 3 rings (SSSR count). The Balaban J connectivity index is 0.00000320. The molecule has 8 heteroatoms. The summed E-state index contributed by atoms with van der Waals surface area (Å²) in [6.07, 6.45) is 3.77. The van der Waals surface area contributed by atoms with E-state index in [1.54, 1.807) is 19.2 Å². The summed E-state index contributed by atoms with van der Waals surface area (Å²) in [6.45, 7) is 3.86. The van der Waals surface area contributed by atoms with Gasteiger partial charge in [0, 0.05) is 25.4 Å². The summed E-state index contributed by atoms with van der Waals surface area (Å²) in [5.41, 5.74) is 2.28. The van der Waals surface area contributed by atoms with E-state index in [2.05, 4.69) is 32.9 Å². The molecule has 1 atom stereocenters. The SMILES string of the molecule is CN=C(NCc1cnn(Cc2ccccc2)c1)NCC(C)Oc1ccc(F)cc1.I. The average molecular weight is 523 g/mol. The van der Waals surface area contributed by atoms with E-state index in [1.807, 2.05) is 42.2 Å². The fraction of sp³-hybridized carbons (Fsp3) is 0.273. The minimum absolute atomic E-state index is 0. The Hall–Kier alpha value is -2.62. The number of nitrogens with one attached hydrogen (secondary N) is 2. The molecule has 0 fully saturated rings. The number of benzene rings is 2. The van der Waals surface area contributed by atoms with Gasteiger partial charge in [-0.05, 0) is 36.8 Å². The molecule has 6 nitrogen and oxygen atoms in total. The van der Waals surface area contributed by atoms with E-state index in [-0.39, 0.29) is 35.9 Å². The van der Waals surface area contributed by atoms with Crippen LogP contribution in [0.2, 0.25) is 0 Å². The topological polar surface area (TPSA) is 63.5 Å². The molecule has 0 saturated heterocycles. The summed E-state index contributed by atoms with van der Waals surface area (Å²) in [6, 6.07) is 16.2. The van der Waals surface area contributed by atoms with Gasteiger partial charge in [-0.15, -0.1) is 24.0 Å². The summed E-state index contributed by atoms with van der Waals surface area (Å²) in [5, 5.41) is 10.9. The lowest BCUT2D eigenvalue weighted by molar-refractivity contribution is 0.223. The van der Waals surface area contributed by atoms with Crippen LogP contribution < -0.4 is 15.4 Å². The van der Waals surface area contributed by atoms with E-state index in [0.717, 1.165) is 12.1 Å². The summed E-state index contributed by atoms with van der Waals surface area (Å²) in [4.78, 5) is 4.23. The van der Waals surface area contributed by atoms with Crippen molar-refractivity contribution in [3.8, 4) is 5.75 Å². The molecule has 160 valence electrons. The Kier molecular flexibility index (Phi) is 9.59. The van der Waals surface area contributed by atoms with Crippen LogP contribution in [0.15, 0.2) is 72.0 Å².